The van der Waals surface area contributed by atoms with Crippen LogP contribution in [0, 0.1) is 5.92 Å². The van der Waals surface area contributed by atoms with Gasteiger partial charge in [0.25, 0.3) is 0 Å². The van der Waals surface area contributed by atoms with Gasteiger partial charge in [-0.2, -0.15) is 0 Å². The van der Waals surface area contributed by atoms with Gasteiger partial charge < -0.3 is 19.3 Å². The molecule has 3 unspecified atom stereocenters. The molecular weight excluding hydrogens is 176 g/mol. The maximum Gasteiger partial charge on any atom is 0.508 e. The molecule has 0 aromatic heterocycles. The molecule has 0 spiro atoms. The van der Waals surface area contributed by atoms with E-state index < -0.39 is 12.4 Å². The fraction of sp³-hybridized carbons (Fsp3) is 0.875. The van der Waals surface area contributed by atoms with E-state index in [4.69, 9.17) is 4.74 Å². The molecule has 1 aliphatic rings. The van der Waals surface area contributed by atoms with E-state index in [0.29, 0.717) is 6.42 Å². The average Bonchev–Trinajstić information content (AvgIpc) is 2.42. The Morgan fingerprint density at radius 1 is 1.69 bits per heavy atom. The summed E-state index contributed by atoms with van der Waals surface area (Å²) in [5.74, 6) is 0.0891. The Morgan fingerprint density at radius 2 is 2.38 bits per heavy atom. The van der Waals surface area contributed by atoms with E-state index in [0.717, 1.165) is 0 Å². The highest BCUT2D eigenvalue weighted by molar-refractivity contribution is 5.59. The molecule has 5 heteroatoms. The molecule has 0 aromatic carbocycles. The number of carbonyl (C=O) groups excluding carboxylic acids is 1. The van der Waals surface area contributed by atoms with Crippen LogP contribution in [0.15, 0.2) is 0 Å². The Hall–Kier alpha value is -0.810. The largest absolute Gasteiger partial charge is 0.508 e. The molecule has 3 atom stereocenters. The van der Waals surface area contributed by atoms with Gasteiger partial charge in [0.2, 0.25) is 0 Å². The number of ether oxygens (including phenoxy) is 3. The van der Waals surface area contributed by atoms with Crippen LogP contribution in [0.3, 0.4) is 0 Å². The summed E-state index contributed by atoms with van der Waals surface area (Å²) in [6.07, 6.45) is -0.994. The zero-order valence-electron chi connectivity index (χ0n) is 7.73. The van der Waals surface area contributed by atoms with Crippen LogP contribution in [0.1, 0.15) is 13.3 Å². The van der Waals surface area contributed by atoms with E-state index >= 15 is 0 Å². The maximum atomic E-state index is 10.6. The van der Waals surface area contributed by atoms with E-state index in [9.17, 15) is 9.90 Å². The van der Waals surface area contributed by atoms with E-state index in [1.807, 2.05) is 6.92 Å². The van der Waals surface area contributed by atoms with E-state index in [2.05, 4.69) is 9.47 Å². The summed E-state index contributed by atoms with van der Waals surface area (Å²) >= 11 is 0. The van der Waals surface area contributed by atoms with Crippen molar-refractivity contribution < 1.29 is 24.1 Å². The maximum absolute atomic E-state index is 10.6. The Balaban J connectivity index is 2.20. The smallest absolute Gasteiger partial charge is 0.438 e. The van der Waals surface area contributed by atoms with Crippen molar-refractivity contribution in [3.05, 3.63) is 0 Å². The zero-order valence-corrected chi connectivity index (χ0v) is 7.73. The Morgan fingerprint density at radius 3 is 2.85 bits per heavy atom. The lowest BCUT2D eigenvalue weighted by Gasteiger charge is -2.09. The second-order valence-electron chi connectivity index (χ2n) is 3.13. The van der Waals surface area contributed by atoms with Gasteiger partial charge >= 0.3 is 6.16 Å². The molecule has 1 heterocycles. The number of carbonyl (C=O) groups is 1. The molecule has 0 bridgehead atoms. The summed E-state index contributed by atoms with van der Waals surface area (Å²) in [6, 6.07) is 0. The van der Waals surface area contributed by atoms with Crippen LogP contribution in [-0.4, -0.2) is 37.4 Å². The highest BCUT2D eigenvalue weighted by atomic mass is 16.7. The lowest BCUT2D eigenvalue weighted by molar-refractivity contribution is -0.116. The van der Waals surface area contributed by atoms with Crippen molar-refractivity contribution in [1.29, 1.82) is 0 Å². The first-order chi connectivity index (χ1) is 6.13. The summed E-state index contributed by atoms with van der Waals surface area (Å²) in [7, 11) is 1.25. The van der Waals surface area contributed by atoms with Crippen LogP contribution >= 0.6 is 0 Å². The normalized spacial score (nSPS) is 33.0. The highest BCUT2D eigenvalue weighted by Gasteiger charge is 2.31. The lowest BCUT2D eigenvalue weighted by atomic mass is 10.1. The zero-order chi connectivity index (χ0) is 9.84. The highest BCUT2D eigenvalue weighted by Crippen LogP contribution is 2.24. The Labute approximate surface area is 76.6 Å². The molecule has 5 nitrogen and oxygen atoms in total. The van der Waals surface area contributed by atoms with Crippen molar-refractivity contribution in [2.45, 2.75) is 25.7 Å². The van der Waals surface area contributed by atoms with Gasteiger partial charge in [-0.05, 0) is 6.42 Å². The van der Waals surface area contributed by atoms with Crippen molar-refractivity contribution in [1.82, 2.24) is 0 Å². The molecule has 1 saturated heterocycles. The monoisotopic (exact) mass is 190 g/mol. The van der Waals surface area contributed by atoms with Crippen molar-refractivity contribution >= 4 is 6.16 Å². The van der Waals surface area contributed by atoms with Gasteiger partial charge in [0.1, 0.15) is 6.61 Å². The first kappa shape index (κ1) is 10.3. The molecule has 13 heavy (non-hydrogen) atoms. The molecule has 1 fully saturated rings. The van der Waals surface area contributed by atoms with Gasteiger partial charge in [-0.1, -0.05) is 6.92 Å². The summed E-state index contributed by atoms with van der Waals surface area (Å²) in [4.78, 5) is 10.6. The van der Waals surface area contributed by atoms with Gasteiger partial charge in [-0.3, -0.25) is 0 Å². The lowest BCUT2D eigenvalue weighted by Crippen LogP contribution is -2.19. The summed E-state index contributed by atoms with van der Waals surface area (Å²) < 4.78 is 14.1. The van der Waals surface area contributed by atoms with Crippen LogP contribution < -0.4 is 0 Å². The summed E-state index contributed by atoms with van der Waals surface area (Å²) in [5.41, 5.74) is 0. The second kappa shape index (κ2) is 4.43. The molecule has 1 aliphatic heterocycles. The van der Waals surface area contributed by atoms with Gasteiger partial charge in [0, 0.05) is 5.92 Å². The number of rotatable bonds is 2. The molecule has 0 radical (unpaired) electrons. The van der Waals surface area contributed by atoms with Crippen molar-refractivity contribution in [2.24, 2.45) is 5.92 Å². The average molecular weight is 190 g/mol. The van der Waals surface area contributed by atoms with Gasteiger partial charge in [0.15, 0.2) is 6.29 Å². The summed E-state index contributed by atoms with van der Waals surface area (Å²) in [5, 5.41) is 9.20. The minimum absolute atomic E-state index is 0.0891. The number of hydrogen-bond acceptors (Lipinski definition) is 5. The molecule has 0 aromatic rings. The predicted molar refractivity (Wildman–Crippen MR) is 43.0 cm³/mol. The van der Waals surface area contributed by atoms with Crippen LogP contribution in [0.4, 0.5) is 4.79 Å². The predicted octanol–water partition coefficient (Wildman–Crippen LogP) is 0.513. The third-order valence-electron chi connectivity index (χ3n) is 2.01. The fourth-order valence-corrected chi connectivity index (χ4v) is 1.25. The van der Waals surface area contributed by atoms with Gasteiger partial charge in [0.05, 0.1) is 13.2 Å². The molecule has 0 saturated carbocycles. The Bertz CT molecular complexity index is 171. The van der Waals surface area contributed by atoms with E-state index in [-0.39, 0.29) is 18.6 Å². The topological polar surface area (TPSA) is 65.0 Å². The Kier molecular flexibility index (Phi) is 3.50. The quantitative estimate of drug-likeness (QED) is 0.643. The minimum Gasteiger partial charge on any atom is -0.438 e. The van der Waals surface area contributed by atoms with Crippen LogP contribution in [0.5, 0.6) is 0 Å². The fourth-order valence-electron chi connectivity index (χ4n) is 1.25. The third kappa shape index (κ3) is 2.86. The first-order valence-corrected chi connectivity index (χ1v) is 4.17. The van der Waals surface area contributed by atoms with E-state index in [1.54, 1.807) is 0 Å². The van der Waals surface area contributed by atoms with Crippen molar-refractivity contribution in [2.75, 3.05) is 13.7 Å². The first-order valence-electron chi connectivity index (χ1n) is 4.17. The molecule has 1 rings (SSSR count). The van der Waals surface area contributed by atoms with Crippen LogP contribution in [-0.2, 0) is 14.2 Å². The van der Waals surface area contributed by atoms with Crippen LogP contribution in [0.25, 0.3) is 0 Å². The number of aliphatic hydroxyl groups is 1. The molecule has 0 amide bonds. The van der Waals surface area contributed by atoms with Gasteiger partial charge in [-0.15, -0.1) is 0 Å². The minimum atomic E-state index is -0.744. The van der Waals surface area contributed by atoms with Crippen LogP contribution in [0.2, 0.25) is 0 Å². The molecule has 0 aliphatic carbocycles. The SMILES string of the molecule is COC(=O)OCC1CC(C)C(O)O1. The standard InChI is InChI=1S/C8H14O5/c1-5-3-6(13-7(5)9)4-12-8(10)11-2/h5-7,9H,3-4H2,1-2H3. The van der Waals surface area contributed by atoms with Crippen molar-refractivity contribution in [3.8, 4) is 0 Å². The number of aliphatic hydroxyl groups excluding tert-OH is 1. The number of methoxy groups -OCH3 is 1. The summed E-state index contributed by atoms with van der Waals surface area (Å²) in [6.45, 7) is 2.01. The van der Waals surface area contributed by atoms with Crippen molar-refractivity contribution in [3.63, 3.8) is 0 Å². The molecular formula is C8H14O5. The number of hydrogen-bond donors (Lipinski definition) is 1. The van der Waals surface area contributed by atoms with Gasteiger partial charge in [-0.25, -0.2) is 4.79 Å². The third-order valence-corrected chi connectivity index (χ3v) is 2.01. The molecule has 76 valence electrons. The van der Waals surface area contributed by atoms with E-state index in [1.165, 1.54) is 7.11 Å². The second-order valence-corrected chi connectivity index (χ2v) is 3.13. The molecule has 1 N–H and O–H groups in total.